The lowest BCUT2D eigenvalue weighted by Crippen LogP contribution is -2.23. The number of aromatic hydroxyl groups is 2. The summed E-state index contributed by atoms with van der Waals surface area (Å²) in [5.41, 5.74) is 6.15. The third kappa shape index (κ3) is 3.32. The van der Waals surface area contributed by atoms with E-state index in [4.69, 9.17) is 5.73 Å². The normalized spacial score (nSPS) is 17.2. The molecule has 7 heteroatoms. The molecular weight excluding hydrogens is 284 g/mol. The topological polar surface area (TPSA) is 110 Å². The van der Waals surface area contributed by atoms with Crippen LogP contribution < -0.4 is 5.73 Å². The first-order valence-electron chi connectivity index (χ1n) is 6.46. The summed E-state index contributed by atoms with van der Waals surface area (Å²) >= 11 is 0. The van der Waals surface area contributed by atoms with E-state index < -0.39 is 22.1 Å². The van der Waals surface area contributed by atoms with Crippen LogP contribution in [0.3, 0.4) is 0 Å². The molecule has 112 valence electrons. The summed E-state index contributed by atoms with van der Waals surface area (Å²) in [6.07, 6.45) is 5.42. The highest BCUT2D eigenvalue weighted by atomic mass is 35.5. The molecule has 6 nitrogen and oxygen atoms in total. The molecule has 20 heavy (non-hydrogen) atoms. The second-order valence-corrected chi connectivity index (χ2v) is 5.09. The second kappa shape index (κ2) is 6.76. The predicted molar refractivity (Wildman–Crippen MR) is 77.2 cm³/mol. The van der Waals surface area contributed by atoms with Crippen molar-refractivity contribution < 1.29 is 15.1 Å². The summed E-state index contributed by atoms with van der Waals surface area (Å²) in [4.78, 5) is 10.1. The van der Waals surface area contributed by atoms with Gasteiger partial charge in [-0.05, 0) is 30.4 Å². The fourth-order valence-corrected chi connectivity index (χ4v) is 2.72. The molecule has 0 saturated heterocycles. The number of phenolic OH excluding ortho intramolecular Hbond substituents is 2. The van der Waals surface area contributed by atoms with Crippen molar-refractivity contribution in [1.29, 1.82) is 0 Å². The van der Waals surface area contributed by atoms with Gasteiger partial charge in [-0.25, -0.2) is 0 Å². The Morgan fingerprint density at radius 2 is 1.85 bits per heavy atom. The number of rotatable bonds is 3. The highest BCUT2D eigenvalue weighted by molar-refractivity contribution is 5.85. The van der Waals surface area contributed by atoms with Gasteiger partial charge in [-0.15, -0.1) is 12.4 Å². The number of nitrogens with two attached hydrogens (primary N) is 1. The van der Waals surface area contributed by atoms with E-state index in [-0.39, 0.29) is 24.4 Å². The molecule has 1 saturated carbocycles. The van der Waals surface area contributed by atoms with Crippen LogP contribution in [-0.4, -0.2) is 15.1 Å². The number of nitrogens with zero attached hydrogens (tertiary/aromatic N) is 1. The van der Waals surface area contributed by atoms with Crippen LogP contribution in [0.5, 0.6) is 11.5 Å². The van der Waals surface area contributed by atoms with Gasteiger partial charge in [0.1, 0.15) is 0 Å². The molecule has 0 spiro atoms. The minimum atomic E-state index is -0.716. The van der Waals surface area contributed by atoms with Crippen molar-refractivity contribution in [3.63, 3.8) is 0 Å². The Kier molecular flexibility index (Phi) is 5.59. The van der Waals surface area contributed by atoms with Gasteiger partial charge in [0.2, 0.25) is 5.75 Å². The summed E-state index contributed by atoms with van der Waals surface area (Å²) < 4.78 is 0. The van der Waals surface area contributed by atoms with Gasteiger partial charge in [0, 0.05) is 12.1 Å². The van der Waals surface area contributed by atoms with E-state index in [1.807, 2.05) is 0 Å². The lowest BCUT2D eigenvalue weighted by atomic mass is 9.81. The van der Waals surface area contributed by atoms with Crippen LogP contribution in [0.4, 0.5) is 5.69 Å². The number of nitro benzene ring substituents is 1. The third-order valence-electron chi connectivity index (χ3n) is 3.83. The van der Waals surface area contributed by atoms with Gasteiger partial charge in [-0.2, -0.15) is 0 Å². The number of hydrogen-bond acceptors (Lipinski definition) is 5. The van der Waals surface area contributed by atoms with Crippen LogP contribution in [0.15, 0.2) is 12.1 Å². The van der Waals surface area contributed by atoms with Crippen molar-refractivity contribution in [3.8, 4) is 11.5 Å². The Hall–Kier alpha value is -1.53. The van der Waals surface area contributed by atoms with Crippen LogP contribution in [-0.2, 0) is 0 Å². The minimum Gasteiger partial charge on any atom is -0.504 e. The molecule has 1 atom stereocenters. The molecule has 2 rings (SSSR count). The lowest BCUT2D eigenvalue weighted by Gasteiger charge is -2.27. The highest BCUT2D eigenvalue weighted by Gasteiger charge is 2.26. The fraction of sp³-hybridized carbons (Fsp3) is 0.538. The maximum Gasteiger partial charge on any atom is 0.314 e. The largest absolute Gasteiger partial charge is 0.504 e. The molecule has 4 N–H and O–H groups in total. The van der Waals surface area contributed by atoms with Crippen molar-refractivity contribution in [2.75, 3.05) is 0 Å². The van der Waals surface area contributed by atoms with Gasteiger partial charge in [-0.3, -0.25) is 10.1 Å². The second-order valence-electron chi connectivity index (χ2n) is 5.09. The van der Waals surface area contributed by atoms with E-state index in [0.717, 1.165) is 25.7 Å². The van der Waals surface area contributed by atoms with Crippen LogP contribution in [0.2, 0.25) is 0 Å². The smallest absolute Gasteiger partial charge is 0.314 e. The Morgan fingerprint density at radius 1 is 1.25 bits per heavy atom. The standard InChI is InChI=1S/C13H18N2O4.ClH/c14-12(8-4-2-1-3-5-8)9-6-10(15(18)19)13(17)11(16)7-9;/h6-8,12,16-17H,1-5,14H2;1H/t12-;/m0./s1. The van der Waals surface area contributed by atoms with Crippen LogP contribution in [0.1, 0.15) is 43.7 Å². The van der Waals surface area contributed by atoms with E-state index in [1.54, 1.807) is 0 Å². The summed E-state index contributed by atoms with van der Waals surface area (Å²) in [7, 11) is 0. The average molecular weight is 303 g/mol. The van der Waals surface area contributed by atoms with Crippen molar-refractivity contribution in [2.45, 2.75) is 38.1 Å². The average Bonchev–Trinajstić information content (AvgIpc) is 2.41. The first-order chi connectivity index (χ1) is 9.00. The molecule has 1 aliphatic carbocycles. The summed E-state index contributed by atoms with van der Waals surface area (Å²) in [6, 6.07) is 2.24. The Bertz CT molecular complexity index is 490. The number of phenols is 2. The molecule has 1 aromatic carbocycles. The molecule has 0 bridgehead atoms. The number of nitro groups is 1. The van der Waals surface area contributed by atoms with Gasteiger partial charge in [0.05, 0.1) is 4.92 Å². The Labute approximate surface area is 123 Å². The molecule has 1 fully saturated rings. The highest BCUT2D eigenvalue weighted by Crippen LogP contribution is 2.40. The van der Waals surface area contributed by atoms with Gasteiger partial charge < -0.3 is 15.9 Å². The summed E-state index contributed by atoms with van der Waals surface area (Å²) in [5, 5.41) is 29.8. The monoisotopic (exact) mass is 302 g/mol. The zero-order valence-electron chi connectivity index (χ0n) is 11.0. The molecule has 0 aromatic heterocycles. The van der Waals surface area contributed by atoms with Crippen LogP contribution in [0, 0.1) is 16.0 Å². The zero-order valence-corrected chi connectivity index (χ0v) is 11.8. The predicted octanol–water partition coefficient (Wildman–Crippen LogP) is 3.01. The molecule has 1 aliphatic rings. The lowest BCUT2D eigenvalue weighted by molar-refractivity contribution is -0.386. The maximum atomic E-state index is 10.8. The van der Waals surface area contributed by atoms with E-state index >= 15 is 0 Å². The SMILES string of the molecule is Cl.N[C@H](c1cc(O)c(O)c([N+](=O)[O-])c1)C1CCCCC1. The summed E-state index contributed by atoms with van der Waals surface area (Å²) in [5.74, 6) is -0.919. The first-order valence-corrected chi connectivity index (χ1v) is 6.46. The van der Waals surface area contributed by atoms with Crippen molar-refractivity contribution >= 4 is 18.1 Å². The molecule has 0 radical (unpaired) electrons. The van der Waals surface area contributed by atoms with Crippen molar-refractivity contribution in [3.05, 3.63) is 27.8 Å². The van der Waals surface area contributed by atoms with Crippen LogP contribution >= 0.6 is 12.4 Å². The molecule has 0 aliphatic heterocycles. The van der Waals surface area contributed by atoms with Gasteiger partial charge in [-0.1, -0.05) is 19.3 Å². The molecule has 0 amide bonds. The molecular formula is C13H19ClN2O4. The fourth-order valence-electron chi connectivity index (χ4n) is 2.72. The summed E-state index contributed by atoms with van der Waals surface area (Å²) in [6.45, 7) is 0. The molecule has 0 heterocycles. The van der Waals surface area contributed by atoms with Gasteiger partial charge in [0.15, 0.2) is 5.75 Å². The Morgan fingerprint density at radius 3 is 2.40 bits per heavy atom. The third-order valence-corrected chi connectivity index (χ3v) is 3.83. The van der Waals surface area contributed by atoms with E-state index in [1.165, 1.54) is 18.6 Å². The molecule has 0 unspecified atom stereocenters. The van der Waals surface area contributed by atoms with Gasteiger partial charge in [0.25, 0.3) is 0 Å². The maximum absolute atomic E-state index is 10.8. The minimum absolute atomic E-state index is 0. The van der Waals surface area contributed by atoms with E-state index in [2.05, 4.69) is 0 Å². The van der Waals surface area contributed by atoms with Crippen molar-refractivity contribution in [1.82, 2.24) is 0 Å². The van der Waals surface area contributed by atoms with Crippen LogP contribution in [0.25, 0.3) is 0 Å². The first kappa shape index (κ1) is 16.5. The van der Waals surface area contributed by atoms with Gasteiger partial charge >= 0.3 is 5.69 Å². The van der Waals surface area contributed by atoms with E-state index in [9.17, 15) is 20.3 Å². The zero-order chi connectivity index (χ0) is 14.0. The van der Waals surface area contributed by atoms with E-state index in [0.29, 0.717) is 5.56 Å². The molecule has 1 aromatic rings. The van der Waals surface area contributed by atoms with Crippen molar-refractivity contribution in [2.24, 2.45) is 11.7 Å². The quantitative estimate of drug-likeness (QED) is 0.451. The number of hydrogen-bond donors (Lipinski definition) is 3. The number of halogens is 1. The Balaban J connectivity index is 0.00000200. The number of benzene rings is 1.